The Morgan fingerprint density at radius 1 is 1.40 bits per heavy atom. The van der Waals surface area contributed by atoms with Crippen LogP contribution in [-0.4, -0.2) is 22.6 Å². The lowest BCUT2D eigenvalue weighted by molar-refractivity contribution is 0.478. The molecular weight excluding hydrogens is 248 g/mol. The van der Waals surface area contributed by atoms with E-state index >= 15 is 0 Å². The molecule has 0 saturated carbocycles. The van der Waals surface area contributed by atoms with Gasteiger partial charge in [-0.1, -0.05) is 13.8 Å². The molecule has 1 fully saturated rings. The normalized spacial score (nSPS) is 18.6. The Morgan fingerprint density at radius 3 is 2.70 bits per heavy atom. The number of hydrogen-bond donors (Lipinski definition) is 1. The Hall–Kier alpha value is -1.84. The Bertz CT molecular complexity index is 663. The Balaban J connectivity index is 2.30. The molecule has 3 heterocycles. The number of anilines is 2. The maximum atomic E-state index is 5.95. The predicted octanol–water partition coefficient (Wildman–Crippen LogP) is 3.24. The van der Waals surface area contributed by atoms with Crippen LogP contribution in [0.3, 0.4) is 0 Å². The monoisotopic (exact) mass is 270 g/mol. The van der Waals surface area contributed by atoms with Crippen molar-refractivity contribution in [2.24, 2.45) is 0 Å². The van der Waals surface area contributed by atoms with E-state index in [1.807, 2.05) is 19.2 Å². The summed E-state index contributed by atoms with van der Waals surface area (Å²) in [6, 6.07) is 2.56. The molecule has 4 nitrogen and oxygen atoms in total. The minimum absolute atomic E-state index is 0.425. The first-order valence-corrected chi connectivity index (χ1v) is 7.31. The van der Waals surface area contributed by atoms with Crippen molar-refractivity contribution in [3.8, 4) is 0 Å². The van der Waals surface area contributed by atoms with Gasteiger partial charge in [-0.25, -0.2) is 9.97 Å². The number of fused-ring (bicyclic) bond motifs is 1. The van der Waals surface area contributed by atoms with Crippen LogP contribution in [0.25, 0.3) is 10.8 Å². The minimum Gasteiger partial charge on any atom is -0.384 e. The molecule has 20 heavy (non-hydrogen) atoms. The smallest absolute Gasteiger partial charge is 0.138 e. The van der Waals surface area contributed by atoms with E-state index in [0.717, 1.165) is 23.4 Å². The zero-order chi connectivity index (χ0) is 14.4. The first-order valence-electron chi connectivity index (χ1n) is 7.31. The molecular formula is C16H22N4. The number of hydrogen-bond acceptors (Lipinski definition) is 4. The van der Waals surface area contributed by atoms with Gasteiger partial charge in [0, 0.05) is 24.2 Å². The zero-order valence-corrected chi connectivity index (χ0v) is 12.6. The highest BCUT2D eigenvalue weighted by Crippen LogP contribution is 2.36. The van der Waals surface area contributed by atoms with E-state index in [0.29, 0.717) is 17.8 Å². The second-order valence-electron chi connectivity index (χ2n) is 6.08. The van der Waals surface area contributed by atoms with Crippen LogP contribution in [-0.2, 0) is 0 Å². The molecule has 0 aromatic carbocycles. The van der Waals surface area contributed by atoms with E-state index in [1.54, 1.807) is 0 Å². The first-order chi connectivity index (χ1) is 9.49. The molecule has 0 bridgehead atoms. The van der Waals surface area contributed by atoms with Crippen LogP contribution in [0.4, 0.5) is 11.6 Å². The van der Waals surface area contributed by atoms with Gasteiger partial charge in [0.25, 0.3) is 0 Å². The summed E-state index contributed by atoms with van der Waals surface area (Å²) in [6.07, 6.45) is 3.24. The van der Waals surface area contributed by atoms with E-state index in [1.165, 1.54) is 17.4 Å². The van der Waals surface area contributed by atoms with Crippen LogP contribution in [0.5, 0.6) is 0 Å². The van der Waals surface area contributed by atoms with E-state index < -0.39 is 0 Å². The summed E-state index contributed by atoms with van der Waals surface area (Å²) in [5.41, 5.74) is 8.17. The highest BCUT2D eigenvalue weighted by atomic mass is 15.3. The van der Waals surface area contributed by atoms with Gasteiger partial charge < -0.3 is 10.6 Å². The fourth-order valence-corrected chi connectivity index (χ4v) is 2.98. The van der Waals surface area contributed by atoms with Crippen molar-refractivity contribution < 1.29 is 0 Å². The molecule has 1 atom stereocenters. The second-order valence-corrected chi connectivity index (χ2v) is 6.08. The van der Waals surface area contributed by atoms with E-state index in [9.17, 15) is 0 Å². The molecule has 4 heteroatoms. The molecule has 1 aliphatic rings. The standard InChI is InChI=1S/C16H22N4/c1-9(2)13-8-18-16(20-6-5-10(20)3)15-11(4)19-14(17)7-12(13)15/h7-10H,5-6H2,1-4H3,(H2,17,19)/t10-/m1/s1. The summed E-state index contributed by atoms with van der Waals surface area (Å²) in [5.74, 6) is 2.08. The summed E-state index contributed by atoms with van der Waals surface area (Å²) in [5, 5.41) is 2.37. The van der Waals surface area contributed by atoms with Crippen LogP contribution in [0.15, 0.2) is 12.3 Å². The van der Waals surface area contributed by atoms with Crippen molar-refractivity contribution in [3.05, 3.63) is 23.5 Å². The molecule has 0 amide bonds. The Morgan fingerprint density at radius 2 is 2.15 bits per heavy atom. The zero-order valence-electron chi connectivity index (χ0n) is 12.6. The highest BCUT2D eigenvalue weighted by Gasteiger charge is 2.27. The topological polar surface area (TPSA) is 55.0 Å². The van der Waals surface area contributed by atoms with Crippen molar-refractivity contribution >= 4 is 22.4 Å². The number of rotatable bonds is 2. The van der Waals surface area contributed by atoms with Gasteiger partial charge in [0.2, 0.25) is 0 Å². The van der Waals surface area contributed by atoms with Crippen LogP contribution in [0.2, 0.25) is 0 Å². The van der Waals surface area contributed by atoms with E-state index in [4.69, 9.17) is 10.7 Å². The fourth-order valence-electron chi connectivity index (χ4n) is 2.98. The van der Waals surface area contributed by atoms with Crippen LogP contribution in [0.1, 0.15) is 44.4 Å². The number of nitrogen functional groups attached to an aromatic ring is 1. The molecule has 0 radical (unpaired) electrons. The van der Waals surface area contributed by atoms with Crippen molar-refractivity contribution in [2.75, 3.05) is 17.2 Å². The lowest BCUT2D eigenvalue weighted by Crippen LogP contribution is -2.46. The fraction of sp³-hybridized carbons (Fsp3) is 0.500. The number of nitrogens with zero attached hydrogens (tertiary/aromatic N) is 3. The third-order valence-corrected chi connectivity index (χ3v) is 4.29. The average Bonchev–Trinajstić information content (AvgIpc) is 2.35. The van der Waals surface area contributed by atoms with Gasteiger partial charge in [-0.3, -0.25) is 0 Å². The molecule has 0 unspecified atom stereocenters. The van der Waals surface area contributed by atoms with Crippen molar-refractivity contribution in [1.82, 2.24) is 9.97 Å². The van der Waals surface area contributed by atoms with Crippen molar-refractivity contribution in [3.63, 3.8) is 0 Å². The third kappa shape index (κ3) is 1.90. The van der Waals surface area contributed by atoms with E-state index in [2.05, 4.69) is 30.7 Å². The van der Waals surface area contributed by atoms with Gasteiger partial charge in [-0.2, -0.15) is 0 Å². The summed E-state index contributed by atoms with van der Waals surface area (Å²) >= 11 is 0. The van der Waals surface area contributed by atoms with Gasteiger partial charge in [0.1, 0.15) is 11.6 Å². The molecule has 106 valence electrons. The summed E-state index contributed by atoms with van der Waals surface area (Å²) < 4.78 is 0. The molecule has 2 aromatic rings. The molecule has 0 aliphatic carbocycles. The Labute approximate surface area is 120 Å². The van der Waals surface area contributed by atoms with Gasteiger partial charge >= 0.3 is 0 Å². The quantitative estimate of drug-likeness (QED) is 0.910. The lowest BCUT2D eigenvalue weighted by Gasteiger charge is -2.40. The number of pyridine rings is 2. The largest absolute Gasteiger partial charge is 0.384 e. The number of aryl methyl sites for hydroxylation is 1. The number of nitrogens with two attached hydrogens (primary N) is 1. The van der Waals surface area contributed by atoms with Crippen LogP contribution in [0, 0.1) is 6.92 Å². The molecule has 0 spiro atoms. The number of aromatic nitrogens is 2. The van der Waals surface area contributed by atoms with Crippen molar-refractivity contribution in [1.29, 1.82) is 0 Å². The van der Waals surface area contributed by atoms with Crippen LogP contribution >= 0.6 is 0 Å². The first kappa shape index (κ1) is 13.2. The summed E-state index contributed by atoms with van der Waals surface area (Å²) in [7, 11) is 0. The summed E-state index contributed by atoms with van der Waals surface area (Å²) in [4.78, 5) is 11.5. The lowest BCUT2D eigenvalue weighted by atomic mass is 9.96. The second kappa shape index (κ2) is 4.62. The SMILES string of the molecule is Cc1nc(N)cc2c(C(C)C)cnc(N3CC[C@H]3C)c12. The highest BCUT2D eigenvalue weighted by molar-refractivity contribution is 5.97. The van der Waals surface area contributed by atoms with Crippen molar-refractivity contribution in [2.45, 2.75) is 46.1 Å². The Kier molecular flexibility index (Phi) is 3.04. The molecule has 3 rings (SSSR count). The maximum Gasteiger partial charge on any atom is 0.138 e. The van der Waals surface area contributed by atoms with Gasteiger partial charge in [-0.05, 0) is 43.2 Å². The minimum atomic E-state index is 0.425. The molecule has 1 aliphatic heterocycles. The van der Waals surface area contributed by atoms with Gasteiger partial charge in [-0.15, -0.1) is 0 Å². The maximum absolute atomic E-state index is 5.95. The van der Waals surface area contributed by atoms with Gasteiger partial charge in [0.15, 0.2) is 0 Å². The van der Waals surface area contributed by atoms with E-state index in [-0.39, 0.29) is 0 Å². The summed E-state index contributed by atoms with van der Waals surface area (Å²) in [6.45, 7) is 9.72. The van der Waals surface area contributed by atoms with Gasteiger partial charge in [0.05, 0.1) is 5.69 Å². The predicted molar refractivity (Wildman–Crippen MR) is 84.2 cm³/mol. The third-order valence-electron chi connectivity index (χ3n) is 4.29. The molecule has 1 saturated heterocycles. The van der Waals surface area contributed by atoms with Crippen LogP contribution < -0.4 is 10.6 Å². The molecule has 2 N–H and O–H groups in total. The average molecular weight is 270 g/mol. The molecule has 2 aromatic heterocycles.